The zero-order valence-corrected chi connectivity index (χ0v) is 20.2. The topological polar surface area (TPSA) is 62.5 Å². The highest BCUT2D eigenvalue weighted by Crippen LogP contribution is 2.32. The smallest absolute Gasteiger partial charge is 0.249 e. The molecule has 1 aliphatic carbocycles. The lowest BCUT2D eigenvalue weighted by Gasteiger charge is -2.42. The van der Waals surface area contributed by atoms with Crippen LogP contribution in [0.25, 0.3) is 22.2 Å². The molecule has 1 aromatic heterocycles. The number of para-hydroxylation sites is 1. The van der Waals surface area contributed by atoms with Gasteiger partial charge in [-0.25, -0.2) is 4.98 Å². The molecule has 0 radical (unpaired) electrons. The van der Waals surface area contributed by atoms with E-state index >= 15 is 0 Å². The lowest BCUT2D eigenvalue weighted by atomic mass is 9.84. The van der Waals surface area contributed by atoms with E-state index in [1.54, 1.807) is 0 Å². The molecule has 0 bridgehead atoms. The summed E-state index contributed by atoms with van der Waals surface area (Å²) in [4.78, 5) is 22.9. The molecule has 1 atom stereocenters. The van der Waals surface area contributed by atoms with Gasteiger partial charge in [0, 0.05) is 55.3 Å². The first-order chi connectivity index (χ1) is 16.6. The van der Waals surface area contributed by atoms with Gasteiger partial charge in [0.1, 0.15) is 0 Å². The number of rotatable bonds is 6. The SMILES string of the molecule is C[C@@H](C1CCCCC1)N1CCN(Cc2c(-c3ccccc3)nc3ccccc3c2C(N)=O)CC1. The van der Waals surface area contributed by atoms with E-state index in [1.165, 1.54) is 32.1 Å². The lowest BCUT2D eigenvalue weighted by Crippen LogP contribution is -2.51. The predicted octanol–water partition coefficient (Wildman–Crippen LogP) is 5.09. The van der Waals surface area contributed by atoms with Crippen molar-refractivity contribution in [3.8, 4) is 11.3 Å². The van der Waals surface area contributed by atoms with Crippen molar-refractivity contribution in [1.29, 1.82) is 0 Å². The molecule has 1 saturated heterocycles. The summed E-state index contributed by atoms with van der Waals surface area (Å²) in [6.45, 7) is 7.26. The summed E-state index contributed by atoms with van der Waals surface area (Å²) in [6.07, 6.45) is 6.95. The van der Waals surface area contributed by atoms with Crippen LogP contribution in [0.5, 0.6) is 0 Å². The van der Waals surface area contributed by atoms with Gasteiger partial charge in [0.05, 0.1) is 16.8 Å². The number of piperazine rings is 1. The largest absolute Gasteiger partial charge is 0.366 e. The van der Waals surface area contributed by atoms with Crippen LogP contribution in [0.1, 0.15) is 54.9 Å². The van der Waals surface area contributed by atoms with Crippen molar-refractivity contribution in [1.82, 2.24) is 14.8 Å². The second kappa shape index (κ2) is 10.2. The number of primary amides is 1. The van der Waals surface area contributed by atoms with Crippen LogP contribution in [-0.2, 0) is 6.54 Å². The second-order valence-corrected chi connectivity index (χ2v) is 10.0. The summed E-state index contributed by atoms with van der Waals surface area (Å²) in [5.74, 6) is 0.464. The van der Waals surface area contributed by atoms with Crippen LogP contribution in [0.4, 0.5) is 0 Å². The monoisotopic (exact) mass is 456 g/mol. The second-order valence-electron chi connectivity index (χ2n) is 10.0. The summed E-state index contributed by atoms with van der Waals surface area (Å²) < 4.78 is 0. The molecule has 2 aromatic carbocycles. The lowest BCUT2D eigenvalue weighted by molar-refractivity contribution is 0.0636. The molecular weight excluding hydrogens is 420 g/mol. The number of benzene rings is 2. The van der Waals surface area contributed by atoms with E-state index in [4.69, 9.17) is 10.7 Å². The summed E-state index contributed by atoms with van der Waals surface area (Å²) in [7, 11) is 0. The van der Waals surface area contributed by atoms with Gasteiger partial charge < -0.3 is 5.73 Å². The van der Waals surface area contributed by atoms with Gasteiger partial charge in [-0.2, -0.15) is 0 Å². The molecule has 34 heavy (non-hydrogen) atoms. The Morgan fingerprint density at radius 1 is 0.971 bits per heavy atom. The predicted molar refractivity (Wildman–Crippen MR) is 139 cm³/mol. The number of pyridine rings is 1. The Morgan fingerprint density at radius 3 is 2.35 bits per heavy atom. The van der Waals surface area contributed by atoms with Gasteiger partial charge in [-0.05, 0) is 31.7 Å². The average Bonchev–Trinajstić information content (AvgIpc) is 2.89. The van der Waals surface area contributed by atoms with E-state index in [2.05, 4.69) is 28.9 Å². The van der Waals surface area contributed by atoms with Crippen LogP contribution in [0.3, 0.4) is 0 Å². The number of carbonyl (C=O) groups is 1. The van der Waals surface area contributed by atoms with Crippen LogP contribution < -0.4 is 5.73 Å². The van der Waals surface area contributed by atoms with Crippen molar-refractivity contribution in [3.63, 3.8) is 0 Å². The third-order valence-corrected chi connectivity index (χ3v) is 7.98. The number of fused-ring (bicyclic) bond motifs is 1. The molecule has 1 saturated carbocycles. The number of aromatic nitrogens is 1. The molecular formula is C29H36N4O. The number of carbonyl (C=O) groups excluding carboxylic acids is 1. The minimum absolute atomic E-state index is 0.379. The Bertz CT molecular complexity index is 1130. The molecule has 2 aliphatic rings. The van der Waals surface area contributed by atoms with Crippen molar-refractivity contribution >= 4 is 16.8 Å². The molecule has 1 amide bonds. The first kappa shape index (κ1) is 23.0. The summed E-state index contributed by atoms with van der Waals surface area (Å²) in [5, 5.41) is 0.842. The van der Waals surface area contributed by atoms with Crippen LogP contribution >= 0.6 is 0 Å². The first-order valence-corrected chi connectivity index (χ1v) is 12.8. The minimum Gasteiger partial charge on any atom is -0.366 e. The molecule has 5 heteroatoms. The van der Waals surface area contributed by atoms with Crippen LogP contribution in [0.15, 0.2) is 54.6 Å². The highest BCUT2D eigenvalue weighted by Gasteiger charge is 2.29. The molecule has 2 heterocycles. The fourth-order valence-corrected chi connectivity index (χ4v) is 5.99. The molecule has 0 unspecified atom stereocenters. The fourth-order valence-electron chi connectivity index (χ4n) is 5.99. The zero-order chi connectivity index (χ0) is 23.5. The van der Waals surface area contributed by atoms with E-state index in [-0.39, 0.29) is 5.91 Å². The summed E-state index contributed by atoms with van der Waals surface area (Å²) in [5.41, 5.74) is 10.2. The Kier molecular flexibility index (Phi) is 6.93. The van der Waals surface area contributed by atoms with Crippen LogP contribution in [0.2, 0.25) is 0 Å². The van der Waals surface area contributed by atoms with E-state index in [0.717, 1.165) is 59.8 Å². The van der Waals surface area contributed by atoms with E-state index in [0.29, 0.717) is 18.2 Å². The molecule has 0 spiro atoms. The van der Waals surface area contributed by atoms with Crippen molar-refractivity contribution in [2.45, 2.75) is 51.6 Å². The van der Waals surface area contributed by atoms with E-state index in [9.17, 15) is 4.79 Å². The maximum atomic E-state index is 12.7. The van der Waals surface area contributed by atoms with Gasteiger partial charge >= 0.3 is 0 Å². The maximum absolute atomic E-state index is 12.7. The van der Waals surface area contributed by atoms with Gasteiger partial charge in [0.25, 0.3) is 0 Å². The summed E-state index contributed by atoms with van der Waals surface area (Å²) >= 11 is 0. The van der Waals surface area contributed by atoms with Crippen molar-refractivity contribution in [3.05, 3.63) is 65.7 Å². The maximum Gasteiger partial charge on any atom is 0.249 e. The van der Waals surface area contributed by atoms with Crippen molar-refractivity contribution in [2.24, 2.45) is 11.7 Å². The molecule has 5 rings (SSSR count). The van der Waals surface area contributed by atoms with Crippen LogP contribution in [0, 0.1) is 5.92 Å². The number of hydrogen-bond donors (Lipinski definition) is 1. The van der Waals surface area contributed by atoms with E-state index in [1.807, 2.05) is 42.5 Å². The quantitative estimate of drug-likeness (QED) is 0.561. The van der Waals surface area contributed by atoms with Gasteiger partial charge in [-0.15, -0.1) is 0 Å². The molecule has 178 valence electrons. The number of nitrogens with zero attached hydrogens (tertiary/aromatic N) is 3. The summed E-state index contributed by atoms with van der Waals surface area (Å²) in [6, 6.07) is 18.7. The average molecular weight is 457 g/mol. The van der Waals surface area contributed by atoms with Crippen molar-refractivity contribution in [2.75, 3.05) is 26.2 Å². The zero-order valence-electron chi connectivity index (χ0n) is 20.2. The fraction of sp³-hybridized carbons (Fsp3) is 0.448. The third kappa shape index (κ3) is 4.73. The van der Waals surface area contributed by atoms with Gasteiger partial charge in [-0.3, -0.25) is 14.6 Å². The number of hydrogen-bond acceptors (Lipinski definition) is 4. The highest BCUT2D eigenvalue weighted by atomic mass is 16.1. The molecule has 5 nitrogen and oxygen atoms in total. The van der Waals surface area contributed by atoms with Gasteiger partial charge in [-0.1, -0.05) is 67.8 Å². The Labute approximate surface area is 203 Å². The number of amides is 1. The number of nitrogens with two attached hydrogens (primary N) is 1. The normalized spacial score (nSPS) is 19.3. The third-order valence-electron chi connectivity index (χ3n) is 7.98. The minimum atomic E-state index is -0.379. The Balaban J connectivity index is 1.42. The molecule has 1 aliphatic heterocycles. The highest BCUT2D eigenvalue weighted by molar-refractivity contribution is 6.08. The Hall–Kier alpha value is -2.76. The molecule has 2 N–H and O–H groups in total. The van der Waals surface area contributed by atoms with Gasteiger partial charge in [0.2, 0.25) is 5.91 Å². The Morgan fingerprint density at radius 2 is 1.65 bits per heavy atom. The van der Waals surface area contributed by atoms with Crippen molar-refractivity contribution < 1.29 is 4.79 Å². The standard InChI is InChI=1S/C29H36N4O/c1-21(22-10-4-2-5-11-22)33-18-16-32(17-19-33)20-25-27(29(30)34)24-14-8-9-15-26(24)31-28(25)23-12-6-3-7-13-23/h3,6-9,12-15,21-22H,2,4-5,10-11,16-20H2,1H3,(H2,30,34)/t21-/m0/s1. The van der Waals surface area contributed by atoms with Crippen LogP contribution in [-0.4, -0.2) is 52.9 Å². The molecule has 2 fully saturated rings. The molecule has 3 aromatic rings. The van der Waals surface area contributed by atoms with E-state index < -0.39 is 0 Å². The first-order valence-electron chi connectivity index (χ1n) is 12.8. The van der Waals surface area contributed by atoms with Gasteiger partial charge in [0.15, 0.2) is 0 Å².